The number of ether oxygens (including phenoxy) is 3. The predicted octanol–water partition coefficient (Wildman–Crippen LogP) is 12.4. The summed E-state index contributed by atoms with van der Waals surface area (Å²) >= 11 is 0. The maximum atomic E-state index is 12.9. The molecule has 0 aliphatic rings. The lowest BCUT2D eigenvalue weighted by Gasteiger charge is -2.23. The van der Waals surface area contributed by atoms with Crippen molar-refractivity contribution in [1.29, 1.82) is 0 Å². The van der Waals surface area contributed by atoms with E-state index < -0.39 is 5.92 Å². The summed E-state index contributed by atoms with van der Waals surface area (Å²) in [7, 11) is 0. The van der Waals surface area contributed by atoms with Gasteiger partial charge < -0.3 is 19.0 Å². The molecule has 0 spiro atoms. The van der Waals surface area contributed by atoms with Gasteiger partial charge in [-0.1, -0.05) is 146 Å². The molecular weight excluding hydrogens is 616 g/mol. The summed E-state index contributed by atoms with van der Waals surface area (Å²) in [4.78, 5) is 47.5. The van der Waals surface area contributed by atoms with Gasteiger partial charge in [-0.15, -0.1) is 0 Å². The molecule has 0 aromatic carbocycles. The molecule has 0 bridgehead atoms. The molecule has 0 rings (SSSR count). The van der Waals surface area contributed by atoms with Gasteiger partial charge >= 0.3 is 17.9 Å². The number of rotatable bonds is 27. The SMILES string of the molecule is CC.CC(C)=O.CCC.CCCCCCCCOC(=O)CC(CC(=O)OCCCCCCCC)CC(=O)OC(CC)CC(C)CC(C)CC. The van der Waals surface area contributed by atoms with E-state index in [1.807, 2.05) is 20.8 Å². The second-order valence-corrected chi connectivity index (χ2v) is 13.7. The highest BCUT2D eigenvalue weighted by Gasteiger charge is 2.25. The van der Waals surface area contributed by atoms with Gasteiger partial charge in [-0.2, -0.15) is 0 Å². The molecule has 0 fully saturated rings. The van der Waals surface area contributed by atoms with Crippen LogP contribution in [0.2, 0.25) is 0 Å². The maximum Gasteiger partial charge on any atom is 0.306 e. The fourth-order valence-electron chi connectivity index (χ4n) is 5.11. The molecule has 0 N–H and O–H groups in total. The largest absolute Gasteiger partial charge is 0.466 e. The normalized spacial score (nSPS) is 12.1. The molecule has 3 atom stereocenters. The summed E-state index contributed by atoms with van der Waals surface area (Å²) in [5.74, 6) is -0.250. The van der Waals surface area contributed by atoms with Crippen LogP contribution in [0.4, 0.5) is 0 Å². The van der Waals surface area contributed by atoms with Crippen LogP contribution in [0.5, 0.6) is 0 Å². The summed E-state index contributed by atoms with van der Waals surface area (Å²) in [5.41, 5.74) is 0. The van der Waals surface area contributed by atoms with Crippen LogP contribution in [0.3, 0.4) is 0 Å². The summed E-state index contributed by atoms with van der Waals surface area (Å²) in [6.45, 7) is 25.2. The molecule has 7 nitrogen and oxygen atoms in total. The molecule has 0 saturated heterocycles. The van der Waals surface area contributed by atoms with E-state index in [1.54, 1.807) is 0 Å². The number of carbonyl (C=O) groups excluding carboxylic acids is 4. The minimum Gasteiger partial charge on any atom is -0.466 e. The Hall–Kier alpha value is -1.92. The first kappa shape index (κ1) is 53.9. The van der Waals surface area contributed by atoms with Crippen LogP contribution < -0.4 is 0 Å². The summed E-state index contributed by atoms with van der Waals surface area (Å²) < 4.78 is 16.7. The smallest absolute Gasteiger partial charge is 0.306 e. The van der Waals surface area contributed by atoms with Crippen LogP contribution in [-0.2, 0) is 33.4 Å². The third-order valence-electron chi connectivity index (χ3n) is 7.81. The van der Waals surface area contributed by atoms with Crippen molar-refractivity contribution in [1.82, 2.24) is 0 Å². The number of esters is 3. The summed E-state index contributed by atoms with van der Waals surface area (Å²) in [6, 6.07) is 0. The molecule has 0 aliphatic heterocycles. The number of ketones is 1. The van der Waals surface area contributed by atoms with Crippen LogP contribution >= 0.6 is 0 Å². The molecule has 0 saturated carbocycles. The zero-order valence-electron chi connectivity index (χ0n) is 34.7. The number of hydrogen-bond donors (Lipinski definition) is 0. The van der Waals surface area contributed by atoms with Crippen molar-refractivity contribution < 1.29 is 33.4 Å². The van der Waals surface area contributed by atoms with E-state index in [0.717, 1.165) is 64.2 Å². The highest BCUT2D eigenvalue weighted by molar-refractivity contribution is 5.76. The van der Waals surface area contributed by atoms with Crippen molar-refractivity contribution in [2.24, 2.45) is 17.8 Å². The molecule has 294 valence electrons. The molecule has 0 aromatic heterocycles. The van der Waals surface area contributed by atoms with Crippen LogP contribution in [0.15, 0.2) is 0 Å². The second-order valence-electron chi connectivity index (χ2n) is 13.7. The standard InChI is InChI=1S/C34H64O6.C3H6O.C3H8.C2H6/c1-7-11-13-15-17-19-21-38-32(35)25-30(26-33(36)39-22-20-18-16-14-12-8-2)27-34(37)40-31(10-4)24-29(6)23-28(5)9-3;1-3(2)4;1-3-2;1-2/h28-31H,7-27H2,1-6H3;1-2H3;3H2,1-2H3;1-2H3. The summed E-state index contributed by atoms with van der Waals surface area (Å²) in [6.07, 6.45) is 18.4. The van der Waals surface area contributed by atoms with Gasteiger partial charge in [0.15, 0.2) is 0 Å². The first-order valence-electron chi connectivity index (χ1n) is 20.4. The Bertz CT molecular complexity index is 701. The third kappa shape index (κ3) is 46.1. The Morgan fingerprint density at radius 3 is 1.24 bits per heavy atom. The van der Waals surface area contributed by atoms with Crippen molar-refractivity contribution in [3.05, 3.63) is 0 Å². The average Bonchev–Trinajstić information content (AvgIpc) is 3.04. The fraction of sp³-hybridized carbons (Fsp3) is 0.905. The first-order chi connectivity index (χ1) is 23.4. The van der Waals surface area contributed by atoms with Crippen LogP contribution in [0.25, 0.3) is 0 Å². The quantitative estimate of drug-likeness (QED) is 0.0478. The molecular formula is C42H84O7. The molecule has 0 heterocycles. The Balaban J connectivity index is -0.00000100. The van der Waals surface area contributed by atoms with E-state index in [1.165, 1.54) is 58.8 Å². The average molecular weight is 701 g/mol. The minimum absolute atomic E-state index is 0.0223. The van der Waals surface area contributed by atoms with Gasteiger partial charge in [-0.05, 0) is 63.7 Å². The van der Waals surface area contributed by atoms with Crippen molar-refractivity contribution in [2.45, 2.75) is 218 Å². The van der Waals surface area contributed by atoms with Gasteiger partial charge in [0, 0.05) is 19.3 Å². The minimum atomic E-state index is -0.475. The number of unbranched alkanes of at least 4 members (excludes halogenated alkanes) is 10. The van der Waals surface area contributed by atoms with E-state index in [9.17, 15) is 19.2 Å². The zero-order valence-corrected chi connectivity index (χ0v) is 34.7. The zero-order chi connectivity index (χ0) is 38.3. The second kappa shape index (κ2) is 42.2. The molecule has 3 unspecified atom stereocenters. The lowest BCUT2D eigenvalue weighted by molar-refractivity contribution is -0.153. The topological polar surface area (TPSA) is 96.0 Å². The Morgan fingerprint density at radius 2 is 0.878 bits per heavy atom. The molecule has 0 amide bonds. The van der Waals surface area contributed by atoms with Gasteiger partial charge in [-0.3, -0.25) is 14.4 Å². The Morgan fingerprint density at radius 1 is 0.510 bits per heavy atom. The molecule has 0 radical (unpaired) electrons. The molecule has 0 aliphatic carbocycles. The van der Waals surface area contributed by atoms with Gasteiger partial charge in [0.2, 0.25) is 0 Å². The van der Waals surface area contributed by atoms with E-state index in [2.05, 4.69) is 48.5 Å². The van der Waals surface area contributed by atoms with E-state index in [-0.39, 0.29) is 49.1 Å². The number of carbonyl (C=O) groups is 4. The van der Waals surface area contributed by atoms with Crippen molar-refractivity contribution in [3.8, 4) is 0 Å². The Labute approximate surface area is 305 Å². The molecule has 49 heavy (non-hydrogen) atoms. The van der Waals surface area contributed by atoms with Crippen LogP contribution in [-0.4, -0.2) is 43.0 Å². The highest BCUT2D eigenvalue weighted by atomic mass is 16.5. The number of Topliss-reactive ketones (excluding diaryl/α,β-unsaturated/α-hetero) is 1. The molecule has 7 heteroatoms. The van der Waals surface area contributed by atoms with Crippen molar-refractivity contribution in [3.63, 3.8) is 0 Å². The maximum absolute atomic E-state index is 12.9. The number of hydrogen-bond acceptors (Lipinski definition) is 7. The van der Waals surface area contributed by atoms with Crippen LogP contribution in [0, 0.1) is 17.8 Å². The van der Waals surface area contributed by atoms with E-state index in [0.29, 0.717) is 25.0 Å². The monoisotopic (exact) mass is 701 g/mol. The van der Waals surface area contributed by atoms with Gasteiger partial charge in [0.25, 0.3) is 0 Å². The first-order valence-corrected chi connectivity index (χ1v) is 20.4. The van der Waals surface area contributed by atoms with Crippen LogP contribution in [0.1, 0.15) is 212 Å². The predicted molar refractivity (Wildman–Crippen MR) is 208 cm³/mol. The van der Waals surface area contributed by atoms with E-state index >= 15 is 0 Å². The van der Waals surface area contributed by atoms with Gasteiger partial charge in [-0.25, -0.2) is 0 Å². The van der Waals surface area contributed by atoms with Gasteiger partial charge in [0.1, 0.15) is 11.9 Å². The van der Waals surface area contributed by atoms with Gasteiger partial charge in [0.05, 0.1) is 13.2 Å². The fourth-order valence-corrected chi connectivity index (χ4v) is 5.11. The lowest BCUT2D eigenvalue weighted by atomic mass is 9.90. The third-order valence-corrected chi connectivity index (χ3v) is 7.81. The molecule has 0 aromatic rings. The van der Waals surface area contributed by atoms with Crippen molar-refractivity contribution >= 4 is 23.7 Å². The summed E-state index contributed by atoms with van der Waals surface area (Å²) in [5, 5.41) is 0. The van der Waals surface area contributed by atoms with E-state index in [4.69, 9.17) is 14.2 Å². The van der Waals surface area contributed by atoms with Crippen molar-refractivity contribution in [2.75, 3.05) is 13.2 Å². The lowest BCUT2D eigenvalue weighted by Crippen LogP contribution is -2.25. The Kier molecular flexibility index (Phi) is 46.4. The highest BCUT2D eigenvalue weighted by Crippen LogP contribution is 2.23.